The number of hydrogen-bond acceptors (Lipinski definition) is 2. The summed E-state index contributed by atoms with van der Waals surface area (Å²) in [6.07, 6.45) is 1.000. The Balaban J connectivity index is 1.77. The molecule has 26 heavy (non-hydrogen) atoms. The molecule has 0 bridgehead atoms. The minimum Gasteiger partial charge on any atom is -0.310 e. The Morgan fingerprint density at radius 1 is 1.15 bits per heavy atom. The lowest BCUT2D eigenvalue weighted by molar-refractivity contribution is 0.0609. The van der Waals surface area contributed by atoms with E-state index in [1.54, 1.807) is 12.1 Å². The van der Waals surface area contributed by atoms with Crippen molar-refractivity contribution in [1.29, 1.82) is 0 Å². The first kappa shape index (κ1) is 18.0. The van der Waals surface area contributed by atoms with E-state index in [9.17, 15) is 4.39 Å². The van der Waals surface area contributed by atoms with Gasteiger partial charge in [-0.2, -0.15) is 0 Å². The molecule has 138 valence electrons. The molecule has 0 radical (unpaired) electrons. The summed E-state index contributed by atoms with van der Waals surface area (Å²) in [5.74, 6) is 0.414. The number of nitrogens with one attached hydrogen (secondary N) is 1. The maximum atomic E-state index is 13.4. The van der Waals surface area contributed by atoms with Crippen molar-refractivity contribution in [3.05, 3.63) is 70.0 Å². The van der Waals surface area contributed by atoms with E-state index in [1.807, 2.05) is 24.3 Å². The Morgan fingerprint density at radius 3 is 2.62 bits per heavy atom. The zero-order chi connectivity index (χ0) is 18.5. The summed E-state index contributed by atoms with van der Waals surface area (Å²) < 4.78 is 13.4. The summed E-state index contributed by atoms with van der Waals surface area (Å²) >= 11 is 6.69. The molecule has 1 N–H and O–H groups in total. The summed E-state index contributed by atoms with van der Waals surface area (Å²) in [6.45, 7) is 6.66. The van der Waals surface area contributed by atoms with Crippen LogP contribution in [-0.2, 0) is 0 Å². The Bertz CT molecular complexity index is 802. The number of likely N-dealkylation sites (N-methyl/N-ethyl adjacent to an activating group) is 1. The van der Waals surface area contributed by atoms with Crippen LogP contribution in [0.15, 0.2) is 42.5 Å². The first-order valence-electron chi connectivity index (χ1n) is 9.38. The van der Waals surface area contributed by atoms with Crippen LogP contribution >= 0.6 is 11.6 Å². The van der Waals surface area contributed by atoms with E-state index in [1.165, 1.54) is 16.7 Å². The van der Waals surface area contributed by atoms with Crippen LogP contribution in [0.4, 0.5) is 4.39 Å². The molecular weight excluding hydrogens is 347 g/mol. The van der Waals surface area contributed by atoms with Crippen molar-refractivity contribution in [3.63, 3.8) is 0 Å². The van der Waals surface area contributed by atoms with E-state index in [0.717, 1.165) is 24.5 Å². The predicted octanol–water partition coefficient (Wildman–Crippen LogP) is 4.78. The van der Waals surface area contributed by atoms with E-state index in [2.05, 4.69) is 37.2 Å². The predicted molar refractivity (Wildman–Crippen MR) is 106 cm³/mol. The van der Waals surface area contributed by atoms with Crippen molar-refractivity contribution in [1.82, 2.24) is 10.2 Å². The van der Waals surface area contributed by atoms with Gasteiger partial charge in [0.2, 0.25) is 0 Å². The summed E-state index contributed by atoms with van der Waals surface area (Å²) in [5, 5.41) is 4.62. The smallest absolute Gasteiger partial charge is 0.123 e. The molecule has 0 aromatic heterocycles. The molecule has 1 fully saturated rings. The summed E-state index contributed by atoms with van der Waals surface area (Å²) in [7, 11) is 2.20. The minimum atomic E-state index is -0.189. The SMILES string of the molecule is CN1CCNC(C2CC(c3ccc(F)cc3)c3cccc(Cl)c32)C1(C)C. The molecule has 3 atom stereocenters. The standard InChI is InChI=1S/C22H26ClFN2/c1-22(2)21(25-11-12-26(22)3)18-13-17(14-7-9-15(24)10-8-14)16-5-4-6-19(23)20(16)18/h4-10,17-18,21,25H,11-13H2,1-3H3. The topological polar surface area (TPSA) is 15.3 Å². The normalized spacial score (nSPS) is 28.1. The fourth-order valence-corrected chi connectivity index (χ4v) is 5.18. The van der Waals surface area contributed by atoms with Gasteiger partial charge in [0, 0.05) is 41.5 Å². The van der Waals surface area contributed by atoms with Gasteiger partial charge in [-0.3, -0.25) is 4.90 Å². The van der Waals surface area contributed by atoms with Crippen molar-refractivity contribution < 1.29 is 4.39 Å². The number of halogens is 2. The third kappa shape index (κ3) is 2.87. The van der Waals surface area contributed by atoms with Crippen LogP contribution in [0, 0.1) is 5.82 Å². The van der Waals surface area contributed by atoms with E-state index < -0.39 is 0 Å². The molecule has 0 amide bonds. The Kier molecular flexibility index (Phi) is 4.58. The highest BCUT2D eigenvalue weighted by atomic mass is 35.5. The third-order valence-corrected chi connectivity index (χ3v) is 6.88. The molecule has 1 aliphatic carbocycles. The van der Waals surface area contributed by atoms with Gasteiger partial charge in [-0.1, -0.05) is 35.9 Å². The van der Waals surface area contributed by atoms with E-state index in [0.29, 0.717) is 12.0 Å². The lowest BCUT2D eigenvalue weighted by Crippen LogP contribution is -2.64. The van der Waals surface area contributed by atoms with Crippen molar-refractivity contribution in [2.75, 3.05) is 20.1 Å². The maximum Gasteiger partial charge on any atom is 0.123 e. The van der Waals surface area contributed by atoms with Crippen LogP contribution in [-0.4, -0.2) is 36.6 Å². The highest BCUT2D eigenvalue weighted by Gasteiger charge is 2.46. The van der Waals surface area contributed by atoms with Crippen LogP contribution in [0.1, 0.15) is 48.8 Å². The van der Waals surface area contributed by atoms with Crippen molar-refractivity contribution in [3.8, 4) is 0 Å². The molecule has 3 unspecified atom stereocenters. The molecule has 1 aliphatic heterocycles. The fraction of sp³-hybridized carbons (Fsp3) is 0.455. The molecular formula is C22H26ClFN2. The first-order chi connectivity index (χ1) is 12.4. The maximum absolute atomic E-state index is 13.4. The highest BCUT2D eigenvalue weighted by Crippen LogP contribution is 2.51. The van der Waals surface area contributed by atoms with Gasteiger partial charge in [0.05, 0.1) is 0 Å². The molecule has 2 aromatic carbocycles. The van der Waals surface area contributed by atoms with Gasteiger partial charge in [-0.15, -0.1) is 0 Å². The number of hydrogen-bond donors (Lipinski definition) is 1. The second kappa shape index (κ2) is 6.63. The number of rotatable bonds is 2. The number of fused-ring (bicyclic) bond motifs is 1. The van der Waals surface area contributed by atoms with Gasteiger partial charge >= 0.3 is 0 Å². The van der Waals surface area contributed by atoms with E-state index in [4.69, 9.17) is 11.6 Å². The van der Waals surface area contributed by atoms with Crippen LogP contribution in [0.2, 0.25) is 5.02 Å². The average molecular weight is 373 g/mol. The summed E-state index contributed by atoms with van der Waals surface area (Å²) in [6, 6.07) is 13.5. The largest absolute Gasteiger partial charge is 0.310 e. The van der Waals surface area contributed by atoms with Crippen molar-refractivity contribution >= 4 is 11.6 Å². The Labute approximate surface area is 160 Å². The molecule has 2 nitrogen and oxygen atoms in total. The molecule has 4 rings (SSSR count). The number of benzene rings is 2. The van der Waals surface area contributed by atoms with E-state index in [-0.39, 0.29) is 17.3 Å². The van der Waals surface area contributed by atoms with Crippen molar-refractivity contribution in [2.45, 2.75) is 43.7 Å². The second-order valence-electron chi connectivity index (χ2n) is 8.20. The fourth-order valence-electron chi connectivity index (χ4n) is 4.86. The van der Waals surface area contributed by atoms with Crippen LogP contribution in [0.3, 0.4) is 0 Å². The zero-order valence-electron chi connectivity index (χ0n) is 15.6. The molecule has 4 heteroatoms. The molecule has 1 saturated heterocycles. The quantitative estimate of drug-likeness (QED) is 0.816. The second-order valence-corrected chi connectivity index (χ2v) is 8.60. The van der Waals surface area contributed by atoms with Gasteiger partial charge in [0.15, 0.2) is 0 Å². The van der Waals surface area contributed by atoms with Gasteiger partial charge in [0.1, 0.15) is 5.82 Å². The Hall–Kier alpha value is -1.42. The van der Waals surface area contributed by atoms with Gasteiger partial charge < -0.3 is 5.32 Å². The molecule has 1 heterocycles. The summed E-state index contributed by atoms with van der Waals surface area (Å²) in [4.78, 5) is 2.44. The third-order valence-electron chi connectivity index (χ3n) is 6.55. The number of piperazine rings is 1. The van der Waals surface area contributed by atoms with Gasteiger partial charge in [0.25, 0.3) is 0 Å². The van der Waals surface area contributed by atoms with Gasteiger partial charge in [-0.05, 0) is 62.2 Å². The van der Waals surface area contributed by atoms with Crippen molar-refractivity contribution in [2.24, 2.45) is 0 Å². The lowest BCUT2D eigenvalue weighted by Gasteiger charge is -2.49. The zero-order valence-corrected chi connectivity index (χ0v) is 16.4. The highest BCUT2D eigenvalue weighted by molar-refractivity contribution is 6.31. The first-order valence-corrected chi connectivity index (χ1v) is 9.76. The molecule has 0 spiro atoms. The van der Waals surface area contributed by atoms with Crippen LogP contribution < -0.4 is 5.32 Å². The Morgan fingerprint density at radius 2 is 1.88 bits per heavy atom. The number of nitrogens with zero attached hydrogens (tertiary/aromatic N) is 1. The molecule has 2 aromatic rings. The molecule has 0 saturated carbocycles. The monoisotopic (exact) mass is 372 g/mol. The van der Waals surface area contributed by atoms with Crippen LogP contribution in [0.25, 0.3) is 0 Å². The average Bonchev–Trinajstić information content (AvgIpc) is 2.99. The van der Waals surface area contributed by atoms with Crippen LogP contribution in [0.5, 0.6) is 0 Å². The minimum absolute atomic E-state index is 0.0387. The van der Waals surface area contributed by atoms with E-state index >= 15 is 0 Å². The summed E-state index contributed by atoms with van der Waals surface area (Å²) in [5.41, 5.74) is 3.76. The molecule has 2 aliphatic rings. The lowest BCUT2D eigenvalue weighted by atomic mass is 9.78. The van der Waals surface area contributed by atoms with Gasteiger partial charge in [-0.25, -0.2) is 4.39 Å².